The van der Waals surface area contributed by atoms with Gasteiger partial charge < -0.3 is 9.47 Å². The van der Waals surface area contributed by atoms with E-state index in [1.807, 2.05) is 56.9 Å². The summed E-state index contributed by atoms with van der Waals surface area (Å²) < 4.78 is 11.7. The highest BCUT2D eigenvalue weighted by molar-refractivity contribution is 5.98. The van der Waals surface area contributed by atoms with Gasteiger partial charge in [0.05, 0.1) is 48.9 Å². The standard InChI is InChI=1S/C30H32N4O3/c1-17(2)37-27-15-24-22(13-26(27)36-6)14-28(35)34(30(24)21-9-7-18(3)8-10-21)23-11-12-25(31-16-23)29-19(4)32-33-20(29)5/h7-13,15-17,30H,14H2,1-6H3,(H,32,33). The predicted octanol–water partition coefficient (Wildman–Crippen LogP) is 5.87. The Kier molecular flexibility index (Phi) is 6.46. The number of pyridine rings is 1. The lowest BCUT2D eigenvalue weighted by atomic mass is 9.86. The van der Waals surface area contributed by atoms with Crippen LogP contribution in [0.15, 0.2) is 54.7 Å². The van der Waals surface area contributed by atoms with Crippen molar-refractivity contribution in [3.8, 4) is 22.8 Å². The second kappa shape index (κ2) is 9.73. The zero-order valence-electron chi connectivity index (χ0n) is 22.1. The first kappa shape index (κ1) is 24.6. The summed E-state index contributed by atoms with van der Waals surface area (Å²) in [4.78, 5) is 20.3. The largest absolute Gasteiger partial charge is 0.493 e. The van der Waals surface area contributed by atoms with Crippen LogP contribution < -0.4 is 14.4 Å². The fourth-order valence-corrected chi connectivity index (χ4v) is 5.04. The average molecular weight is 497 g/mol. The van der Waals surface area contributed by atoms with Gasteiger partial charge in [0.25, 0.3) is 0 Å². The highest BCUT2D eigenvalue weighted by Gasteiger charge is 2.36. The molecular formula is C30H32N4O3. The maximum atomic E-state index is 13.7. The van der Waals surface area contributed by atoms with Crippen molar-refractivity contribution in [2.24, 2.45) is 0 Å². The number of hydrogen-bond donors (Lipinski definition) is 1. The number of methoxy groups -OCH3 is 1. The van der Waals surface area contributed by atoms with E-state index < -0.39 is 0 Å². The molecule has 1 aliphatic heterocycles. The number of hydrogen-bond acceptors (Lipinski definition) is 5. The highest BCUT2D eigenvalue weighted by atomic mass is 16.5. The summed E-state index contributed by atoms with van der Waals surface area (Å²) in [6.45, 7) is 9.97. The van der Waals surface area contributed by atoms with Crippen LogP contribution in [0, 0.1) is 20.8 Å². The van der Waals surface area contributed by atoms with Crippen LogP contribution in [0.5, 0.6) is 11.5 Å². The van der Waals surface area contributed by atoms with Crippen LogP contribution in [-0.2, 0) is 11.2 Å². The van der Waals surface area contributed by atoms with Gasteiger partial charge >= 0.3 is 0 Å². The first-order valence-electron chi connectivity index (χ1n) is 12.5. The van der Waals surface area contributed by atoms with Crippen molar-refractivity contribution in [1.29, 1.82) is 0 Å². The van der Waals surface area contributed by atoms with E-state index >= 15 is 0 Å². The average Bonchev–Trinajstić information content (AvgIpc) is 3.21. The molecule has 4 aromatic rings. The summed E-state index contributed by atoms with van der Waals surface area (Å²) in [6.07, 6.45) is 2.02. The highest BCUT2D eigenvalue weighted by Crippen LogP contribution is 2.43. The van der Waals surface area contributed by atoms with Crippen LogP contribution in [0.25, 0.3) is 11.3 Å². The summed E-state index contributed by atoms with van der Waals surface area (Å²) in [5, 5.41) is 7.31. The van der Waals surface area contributed by atoms with Crippen molar-refractivity contribution < 1.29 is 14.3 Å². The second-order valence-corrected chi connectivity index (χ2v) is 9.83. The molecule has 0 fully saturated rings. The third kappa shape index (κ3) is 4.57. The van der Waals surface area contributed by atoms with Crippen LogP contribution >= 0.6 is 0 Å². The third-order valence-electron chi connectivity index (χ3n) is 6.75. The van der Waals surface area contributed by atoms with Crippen molar-refractivity contribution in [3.63, 3.8) is 0 Å². The lowest BCUT2D eigenvalue weighted by molar-refractivity contribution is -0.118. The Morgan fingerprint density at radius 3 is 2.38 bits per heavy atom. The van der Waals surface area contributed by atoms with Crippen LogP contribution in [0.1, 0.15) is 53.5 Å². The monoisotopic (exact) mass is 496 g/mol. The van der Waals surface area contributed by atoms with Gasteiger partial charge in [-0.3, -0.25) is 19.8 Å². The molecule has 1 aliphatic rings. The molecule has 1 unspecified atom stereocenters. The number of aryl methyl sites for hydroxylation is 3. The maximum Gasteiger partial charge on any atom is 0.232 e. The molecule has 0 bridgehead atoms. The minimum absolute atomic E-state index is 0.00267. The molecule has 2 aromatic heterocycles. The van der Waals surface area contributed by atoms with E-state index in [0.29, 0.717) is 11.5 Å². The SMILES string of the molecule is COc1cc2c(cc1OC(C)C)C(c1ccc(C)cc1)N(c1ccc(-c3c(C)n[nH]c3C)nc1)C(=O)C2. The topological polar surface area (TPSA) is 80.3 Å². The lowest BCUT2D eigenvalue weighted by Gasteiger charge is -2.38. The molecule has 5 rings (SSSR count). The molecule has 0 saturated heterocycles. The molecule has 1 amide bonds. The minimum Gasteiger partial charge on any atom is -0.493 e. The molecule has 7 nitrogen and oxygen atoms in total. The quantitative estimate of drug-likeness (QED) is 0.361. The molecule has 0 spiro atoms. The predicted molar refractivity (Wildman–Crippen MR) is 144 cm³/mol. The Morgan fingerprint density at radius 2 is 1.78 bits per heavy atom. The van der Waals surface area contributed by atoms with E-state index in [0.717, 1.165) is 50.6 Å². The second-order valence-electron chi connectivity index (χ2n) is 9.83. The number of amides is 1. The maximum absolute atomic E-state index is 13.7. The van der Waals surface area contributed by atoms with E-state index in [4.69, 9.17) is 14.5 Å². The minimum atomic E-state index is -0.331. The van der Waals surface area contributed by atoms with Gasteiger partial charge in [0, 0.05) is 11.3 Å². The number of carbonyl (C=O) groups excluding carboxylic acids is 1. The molecule has 37 heavy (non-hydrogen) atoms. The van der Waals surface area contributed by atoms with Crippen molar-refractivity contribution in [2.75, 3.05) is 12.0 Å². The number of nitrogens with one attached hydrogen (secondary N) is 1. The molecule has 7 heteroatoms. The zero-order valence-corrected chi connectivity index (χ0v) is 22.1. The molecule has 1 N–H and O–H groups in total. The van der Waals surface area contributed by atoms with E-state index in [-0.39, 0.29) is 24.5 Å². The third-order valence-corrected chi connectivity index (χ3v) is 6.75. The van der Waals surface area contributed by atoms with Crippen molar-refractivity contribution in [1.82, 2.24) is 15.2 Å². The molecule has 2 aromatic carbocycles. The number of carbonyl (C=O) groups is 1. The summed E-state index contributed by atoms with van der Waals surface area (Å²) in [6, 6.07) is 15.9. The number of aromatic nitrogens is 3. The number of benzene rings is 2. The van der Waals surface area contributed by atoms with Gasteiger partial charge in [0.1, 0.15) is 0 Å². The molecule has 0 saturated carbocycles. The summed E-state index contributed by atoms with van der Waals surface area (Å²) in [5.41, 5.74) is 8.54. The normalized spacial score (nSPS) is 15.2. The van der Waals surface area contributed by atoms with Crippen molar-refractivity contribution in [2.45, 2.75) is 53.2 Å². The number of fused-ring (bicyclic) bond motifs is 1. The number of ether oxygens (including phenoxy) is 2. The number of rotatable bonds is 6. The van der Waals surface area contributed by atoms with Gasteiger partial charge in [0.15, 0.2) is 11.5 Å². The van der Waals surface area contributed by atoms with Gasteiger partial charge in [-0.15, -0.1) is 0 Å². The Labute approximate surface area is 217 Å². The van der Waals surface area contributed by atoms with Gasteiger partial charge in [-0.05, 0) is 75.6 Å². The van der Waals surface area contributed by atoms with Gasteiger partial charge in [-0.25, -0.2) is 0 Å². The van der Waals surface area contributed by atoms with E-state index in [1.165, 1.54) is 0 Å². The van der Waals surface area contributed by atoms with Gasteiger partial charge in [-0.1, -0.05) is 29.8 Å². The Balaban J connectivity index is 1.64. The van der Waals surface area contributed by atoms with E-state index in [9.17, 15) is 4.79 Å². The first-order valence-corrected chi connectivity index (χ1v) is 12.5. The van der Waals surface area contributed by atoms with Crippen LogP contribution in [0.3, 0.4) is 0 Å². The fraction of sp³-hybridized carbons (Fsp3) is 0.300. The summed E-state index contributed by atoms with van der Waals surface area (Å²) in [7, 11) is 1.62. The van der Waals surface area contributed by atoms with Crippen LogP contribution in [0.2, 0.25) is 0 Å². The zero-order chi connectivity index (χ0) is 26.3. The molecule has 190 valence electrons. The van der Waals surface area contributed by atoms with Crippen molar-refractivity contribution in [3.05, 3.63) is 88.4 Å². The summed E-state index contributed by atoms with van der Waals surface area (Å²) in [5.74, 6) is 1.30. The van der Waals surface area contributed by atoms with Gasteiger partial charge in [0.2, 0.25) is 5.91 Å². The molecule has 0 aliphatic carbocycles. The van der Waals surface area contributed by atoms with E-state index in [2.05, 4.69) is 41.4 Å². The first-order chi connectivity index (χ1) is 17.8. The Morgan fingerprint density at radius 1 is 1.03 bits per heavy atom. The Hall–Kier alpha value is -4.13. The summed E-state index contributed by atoms with van der Waals surface area (Å²) >= 11 is 0. The lowest BCUT2D eigenvalue weighted by Crippen LogP contribution is -2.41. The molecular weight excluding hydrogens is 464 g/mol. The van der Waals surface area contributed by atoms with Crippen molar-refractivity contribution >= 4 is 11.6 Å². The molecule has 1 atom stereocenters. The number of anilines is 1. The molecule has 0 radical (unpaired) electrons. The number of nitrogens with zero attached hydrogens (tertiary/aromatic N) is 3. The number of H-pyrrole nitrogens is 1. The van der Waals surface area contributed by atoms with Crippen LogP contribution in [-0.4, -0.2) is 34.3 Å². The van der Waals surface area contributed by atoms with Crippen LogP contribution in [0.4, 0.5) is 5.69 Å². The fourth-order valence-electron chi connectivity index (χ4n) is 5.04. The van der Waals surface area contributed by atoms with Gasteiger partial charge in [-0.2, -0.15) is 5.10 Å². The Bertz CT molecular complexity index is 1420. The molecule has 3 heterocycles. The van der Waals surface area contributed by atoms with E-state index in [1.54, 1.807) is 13.3 Å². The number of aromatic amines is 1. The smallest absolute Gasteiger partial charge is 0.232 e.